The number of carbonyl (C=O) groups excluding carboxylic acids is 1. The molecule has 0 unspecified atom stereocenters. The summed E-state index contributed by atoms with van der Waals surface area (Å²) in [5, 5.41) is 17.8. The first-order chi connectivity index (χ1) is 16.3. The number of hydrogen-bond acceptors (Lipinski definition) is 8. The van der Waals surface area contributed by atoms with Gasteiger partial charge in [0.25, 0.3) is 5.69 Å². The molecule has 2 heterocycles. The molecule has 1 amide bonds. The number of benzene rings is 2. The Bertz CT molecular complexity index is 1170. The van der Waals surface area contributed by atoms with Crippen LogP contribution in [0, 0.1) is 17.0 Å². The highest BCUT2D eigenvalue weighted by molar-refractivity contribution is 6.34. The number of aromatic nitrogens is 2. The van der Waals surface area contributed by atoms with Crippen molar-refractivity contribution in [3.8, 4) is 11.4 Å². The van der Waals surface area contributed by atoms with Crippen LogP contribution in [0.3, 0.4) is 0 Å². The van der Waals surface area contributed by atoms with Gasteiger partial charge in [-0.25, -0.2) is 0 Å². The van der Waals surface area contributed by atoms with E-state index < -0.39 is 4.92 Å². The molecule has 0 saturated carbocycles. The quantitative estimate of drug-likeness (QED) is 0.398. The summed E-state index contributed by atoms with van der Waals surface area (Å²) in [7, 11) is 0. The van der Waals surface area contributed by atoms with Gasteiger partial charge in [0, 0.05) is 43.9 Å². The fourth-order valence-electron chi connectivity index (χ4n) is 3.76. The van der Waals surface area contributed by atoms with Crippen LogP contribution in [0.15, 0.2) is 47.0 Å². The number of nitrogens with one attached hydrogen (secondary N) is 1. The second-order valence-corrected chi connectivity index (χ2v) is 8.68. The van der Waals surface area contributed by atoms with Crippen LogP contribution in [0.25, 0.3) is 11.4 Å². The van der Waals surface area contributed by atoms with Gasteiger partial charge in [-0.1, -0.05) is 46.6 Å². The van der Waals surface area contributed by atoms with Gasteiger partial charge in [-0.2, -0.15) is 4.98 Å². The molecule has 1 fully saturated rings. The molecule has 0 bridgehead atoms. The summed E-state index contributed by atoms with van der Waals surface area (Å²) in [6.07, 6.45) is 0. The number of nitro groups is 1. The molecule has 1 N–H and O–H groups in total. The maximum atomic E-state index is 12.7. The van der Waals surface area contributed by atoms with Crippen molar-refractivity contribution < 1.29 is 14.2 Å². The minimum atomic E-state index is -0.531. The zero-order valence-electron chi connectivity index (χ0n) is 18.9. The second-order valence-electron chi connectivity index (χ2n) is 8.28. The third-order valence-corrected chi connectivity index (χ3v) is 6.20. The molecule has 3 aromatic rings. The lowest BCUT2D eigenvalue weighted by Gasteiger charge is -2.36. The number of halogens is 1. The molecule has 1 aliphatic heterocycles. The number of non-ortho nitro benzene ring substituents is 1. The topological polar surface area (TPSA) is 118 Å². The van der Waals surface area contributed by atoms with E-state index in [0.29, 0.717) is 37.0 Å². The lowest BCUT2D eigenvalue weighted by Crippen LogP contribution is -2.52. The van der Waals surface area contributed by atoms with E-state index >= 15 is 0 Å². The summed E-state index contributed by atoms with van der Waals surface area (Å²) < 4.78 is 5.43. The van der Waals surface area contributed by atoms with Crippen molar-refractivity contribution in [3.63, 3.8) is 0 Å². The van der Waals surface area contributed by atoms with Gasteiger partial charge < -0.3 is 9.84 Å². The number of aryl methyl sites for hydroxylation is 1. The molecule has 1 atom stereocenters. The first-order valence-corrected chi connectivity index (χ1v) is 11.3. The van der Waals surface area contributed by atoms with Crippen LogP contribution in [-0.2, 0) is 11.3 Å². The number of rotatable bonds is 7. The van der Waals surface area contributed by atoms with Gasteiger partial charge in [0.15, 0.2) is 0 Å². The summed E-state index contributed by atoms with van der Waals surface area (Å²) in [6, 6.07) is 11.6. The van der Waals surface area contributed by atoms with Gasteiger partial charge in [0.1, 0.15) is 0 Å². The Morgan fingerprint density at radius 1 is 1.21 bits per heavy atom. The van der Waals surface area contributed by atoms with Crippen LogP contribution in [-0.4, -0.2) is 63.0 Å². The largest absolute Gasteiger partial charge is 0.338 e. The zero-order chi connectivity index (χ0) is 24.2. The third kappa shape index (κ3) is 5.58. The van der Waals surface area contributed by atoms with E-state index in [2.05, 4.69) is 25.3 Å². The van der Waals surface area contributed by atoms with Gasteiger partial charge in [-0.3, -0.25) is 24.7 Å². The van der Waals surface area contributed by atoms with Gasteiger partial charge >= 0.3 is 0 Å². The fourth-order valence-corrected chi connectivity index (χ4v) is 3.98. The molecule has 1 aromatic heterocycles. The van der Waals surface area contributed by atoms with E-state index in [0.717, 1.165) is 18.7 Å². The van der Waals surface area contributed by atoms with Crippen molar-refractivity contribution in [3.05, 3.63) is 69.1 Å². The number of hydrogen-bond donors (Lipinski definition) is 1. The van der Waals surface area contributed by atoms with E-state index in [4.69, 9.17) is 16.1 Å². The number of carbonyl (C=O) groups is 1. The molecular formula is C23H25ClN6O4. The second kappa shape index (κ2) is 10.3. The summed E-state index contributed by atoms with van der Waals surface area (Å²) in [5.41, 5.74) is 2.31. The van der Waals surface area contributed by atoms with Crippen molar-refractivity contribution in [2.45, 2.75) is 26.4 Å². The Balaban J connectivity index is 1.28. The average Bonchev–Trinajstić information content (AvgIpc) is 3.29. The summed E-state index contributed by atoms with van der Waals surface area (Å²) >= 11 is 6.09. The predicted molar refractivity (Wildman–Crippen MR) is 128 cm³/mol. The van der Waals surface area contributed by atoms with E-state index in [-0.39, 0.29) is 22.7 Å². The summed E-state index contributed by atoms with van der Waals surface area (Å²) in [4.78, 5) is 31.8. The van der Waals surface area contributed by atoms with Crippen LogP contribution in [0.5, 0.6) is 0 Å². The number of nitrogens with zero attached hydrogens (tertiary/aromatic N) is 5. The first-order valence-electron chi connectivity index (χ1n) is 10.9. The van der Waals surface area contributed by atoms with E-state index in [1.165, 1.54) is 23.8 Å². The van der Waals surface area contributed by atoms with Crippen molar-refractivity contribution in [2.24, 2.45) is 0 Å². The minimum absolute atomic E-state index is 0.126. The van der Waals surface area contributed by atoms with Crippen LogP contribution < -0.4 is 5.32 Å². The Labute approximate surface area is 201 Å². The third-order valence-electron chi connectivity index (χ3n) is 5.89. The molecule has 4 rings (SSSR count). The maximum Gasteiger partial charge on any atom is 0.271 e. The molecule has 0 radical (unpaired) electrons. The first kappa shape index (κ1) is 23.8. The lowest BCUT2D eigenvalue weighted by atomic mass is 10.1. The number of anilines is 1. The van der Waals surface area contributed by atoms with Gasteiger partial charge in [0.2, 0.25) is 17.6 Å². The minimum Gasteiger partial charge on any atom is -0.338 e. The Kier molecular flexibility index (Phi) is 7.20. The molecule has 34 heavy (non-hydrogen) atoms. The molecule has 2 aromatic carbocycles. The normalized spacial score (nSPS) is 15.7. The Hall–Kier alpha value is -3.34. The van der Waals surface area contributed by atoms with E-state index in [9.17, 15) is 14.9 Å². The van der Waals surface area contributed by atoms with Crippen molar-refractivity contribution >= 4 is 28.9 Å². The molecule has 11 heteroatoms. The SMILES string of the molecule is Cc1ccc(-c2noc(CN3CCN([C@H](C)C(=O)Nc4ccc([N+](=O)[O-])cc4Cl)CC3)n2)cc1. The predicted octanol–water partition coefficient (Wildman–Crippen LogP) is 3.75. The van der Waals surface area contributed by atoms with Gasteiger partial charge in [0.05, 0.1) is 28.2 Å². The Morgan fingerprint density at radius 2 is 1.91 bits per heavy atom. The molecule has 1 aliphatic rings. The van der Waals surface area contributed by atoms with E-state index in [1.54, 1.807) is 0 Å². The zero-order valence-corrected chi connectivity index (χ0v) is 19.7. The van der Waals surface area contributed by atoms with Crippen LogP contribution in [0.4, 0.5) is 11.4 Å². The number of amides is 1. The number of piperazine rings is 1. The van der Waals surface area contributed by atoms with Gasteiger partial charge in [-0.15, -0.1) is 0 Å². The molecule has 0 spiro atoms. The molecule has 0 aliphatic carbocycles. The van der Waals surface area contributed by atoms with Crippen molar-refractivity contribution in [1.29, 1.82) is 0 Å². The highest BCUT2D eigenvalue weighted by Crippen LogP contribution is 2.27. The van der Waals surface area contributed by atoms with Crippen molar-refractivity contribution in [1.82, 2.24) is 19.9 Å². The molecular weight excluding hydrogens is 460 g/mol. The lowest BCUT2D eigenvalue weighted by molar-refractivity contribution is -0.384. The van der Waals surface area contributed by atoms with Gasteiger partial charge in [-0.05, 0) is 19.9 Å². The smallest absolute Gasteiger partial charge is 0.271 e. The Morgan fingerprint density at radius 3 is 2.56 bits per heavy atom. The fraction of sp³-hybridized carbons (Fsp3) is 0.348. The van der Waals surface area contributed by atoms with E-state index in [1.807, 2.05) is 38.1 Å². The highest BCUT2D eigenvalue weighted by Gasteiger charge is 2.27. The monoisotopic (exact) mass is 484 g/mol. The molecule has 1 saturated heterocycles. The summed E-state index contributed by atoms with van der Waals surface area (Å²) in [6.45, 7) is 7.29. The van der Waals surface area contributed by atoms with Crippen molar-refractivity contribution in [2.75, 3.05) is 31.5 Å². The molecule has 178 valence electrons. The summed E-state index contributed by atoms with van der Waals surface area (Å²) in [5.74, 6) is 0.912. The molecule has 10 nitrogen and oxygen atoms in total. The number of nitro benzene ring substituents is 1. The average molecular weight is 485 g/mol. The van der Waals surface area contributed by atoms with Crippen LogP contribution in [0.2, 0.25) is 5.02 Å². The highest BCUT2D eigenvalue weighted by atomic mass is 35.5. The van der Waals surface area contributed by atoms with Crippen LogP contribution >= 0.6 is 11.6 Å². The van der Waals surface area contributed by atoms with Crippen LogP contribution in [0.1, 0.15) is 18.4 Å². The standard InChI is InChI=1S/C23H25ClN6O4/c1-15-3-5-17(6-4-15)22-26-21(34-27-22)14-28-9-11-29(12-10-28)16(2)23(31)25-20-8-7-18(30(32)33)13-19(20)24/h3-8,13,16H,9-12,14H2,1-2H3,(H,25,31)/t16-/m1/s1. The maximum absolute atomic E-state index is 12.7.